The largest absolute Gasteiger partial charge is 0.316 e. The molecule has 0 aromatic heterocycles. The van der Waals surface area contributed by atoms with Gasteiger partial charge in [0.2, 0.25) is 0 Å². The summed E-state index contributed by atoms with van der Waals surface area (Å²) in [5.74, 6) is 2.87. The van der Waals surface area contributed by atoms with Crippen molar-refractivity contribution in [2.24, 2.45) is 17.8 Å². The van der Waals surface area contributed by atoms with E-state index in [-0.39, 0.29) is 0 Å². The van der Waals surface area contributed by atoms with E-state index in [1.807, 2.05) is 0 Å². The molecule has 16 heavy (non-hydrogen) atoms. The van der Waals surface area contributed by atoms with Gasteiger partial charge in [-0.2, -0.15) is 0 Å². The Morgan fingerprint density at radius 2 is 1.88 bits per heavy atom. The van der Waals surface area contributed by atoms with E-state index in [2.05, 4.69) is 24.1 Å². The maximum absolute atomic E-state index is 3.52. The molecule has 2 saturated heterocycles. The quantitative estimate of drug-likeness (QED) is 0.745. The van der Waals surface area contributed by atoms with Crippen LogP contribution in [0.15, 0.2) is 0 Å². The minimum absolute atomic E-state index is 0.951. The van der Waals surface area contributed by atoms with E-state index >= 15 is 0 Å². The molecule has 0 aromatic rings. The number of likely N-dealkylation sites (tertiary alicyclic amines) is 1. The van der Waals surface area contributed by atoms with Crippen molar-refractivity contribution in [2.75, 3.05) is 32.7 Å². The van der Waals surface area contributed by atoms with E-state index in [0.717, 1.165) is 17.8 Å². The second kappa shape index (κ2) is 6.02. The summed E-state index contributed by atoms with van der Waals surface area (Å²) in [6.45, 7) is 11.3. The first-order valence-corrected chi connectivity index (χ1v) is 7.26. The third-order valence-corrected chi connectivity index (χ3v) is 4.52. The fraction of sp³-hybridized carbons (Fsp3) is 1.00. The molecule has 0 spiro atoms. The first-order valence-electron chi connectivity index (χ1n) is 7.26. The highest BCUT2D eigenvalue weighted by Crippen LogP contribution is 2.27. The number of unbranched alkanes of at least 4 members (excludes halogenated alkanes) is 1. The number of nitrogens with zero attached hydrogens (tertiary/aromatic N) is 1. The average Bonchev–Trinajstić information content (AvgIpc) is 2.84. The smallest absolute Gasteiger partial charge is 0.00257 e. The maximum atomic E-state index is 3.52. The average molecular weight is 224 g/mol. The Kier molecular flexibility index (Phi) is 4.66. The van der Waals surface area contributed by atoms with Crippen LogP contribution in [-0.4, -0.2) is 37.6 Å². The van der Waals surface area contributed by atoms with Crippen molar-refractivity contribution in [3.05, 3.63) is 0 Å². The number of hydrogen-bond donors (Lipinski definition) is 1. The molecule has 3 atom stereocenters. The molecule has 0 radical (unpaired) electrons. The maximum Gasteiger partial charge on any atom is 0.00257 e. The zero-order valence-electron chi connectivity index (χ0n) is 11.0. The number of hydrogen-bond acceptors (Lipinski definition) is 2. The number of rotatable bonds is 6. The Labute approximate surface area is 101 Å². The molecule has 0 amide bonds. The molecule has 1 N–H and O–H groups in total. The molecule has 2 rings (SSSR count). The van der Waals surface area contributed by atoms with E-state index in [0.29, 0.717) is 0 Å². The van der Waals surface area contributed by atoms with Gasteiger partial charge in [-0.25, -0.2) is 0 Å². The van der Waals surface area contributed by atoms with Crippen molar-refractivity contribution in [1.82, 2.24) is 10.2 Å². The van der Waals surface area contributed by atoms with E-state index in [1.54, 1.807) is 0 Å². The molecule has 2 aliphatic heterocycles. The lowest BCUT2D eigenvalue weighted by atomic mass is 9.99. The van der Waals surface area contributed by atoms with Crippen molar-refractivity contribution >= 4 is 0 Å². The van der Waals surface area contributed by atoms with Crippen LogP contribution in [0.2, 0.25) is 0 Å². The van der Waals surface area contributed by atoms with E-state index < -0.39 is 0 Å². The summed E-state index contributed by atoms with van der Waals surface area (Å²) >= 11 is 0. The lowest BCUT2D eigenvalue weighted by molar-refractivity contribution is 0.246. The molecule has 3 unspecified atom stereocenters. The van der Waals surface area contributed by atoms with Crippen molar-refractivity contribution < 1.29 is 0 Å². The fourth-order valence-electron chi connectivity index (χ4n) is 3.38. The summed E-state index contributed by atoms with van der Waals surface area (Å²) in [5, 5.41) is 3.52. The summed E-state index contributed by atoms with van der Waals surface area (Å²) < 4.78 is 0. The van der Waals surface area contributed by atoms with E-state index in [1.165, 1.54) is 58.4 Å². The first kappa shape index (κ1) is 12.4. The predicted octanol–water partition coefficient (Wildman–Crippen LogP) is 2.35. The van der Waals surface area contributed by atoms with Gasteiger partial charge in [0.15, 0.2) is 0 Å². The van der Waals surface area contributed by atoms with Gasteiger partial charge < -0.3 is 10.2 Å². The van der Waals surface area contributed by atoms with Gasteiger partial charge in [-0.15, -0.1) is 0 Å². The summed E-state index contributed by atoms with van der Waals surface area (Å²) in [6.07, 6.45) is 5.58. The van der Waals surface area contributed by atoms with Crippen LogP contribution in [0.1, 0.15) is 39.5 Å². The standard InChI is InChI=1S/C14H28N2/c1-3-5-6-12(4-2)9-16-10-13-7-15-8-14(13)11-16/h12-15H,3-11H2,1-2H3. The van der Waals surface area contributed by atoms with Gasteiger partial charge in [0.05, 0.1) is 0 Å². The Hall–Kier alpha value is -0.0800. The van der Waals surface area contributed by atoms with E-state index in [9.17, 15) is 0 Å². The molecule has 2 heteroatoms. The Balaban J connectivity index is 1.72. The van der Waals surface area contributed by atoms with Crippen molar-refractivity contribution in [3.8, 4) is 0 Å². The monoisotopic (exact) mass is 224 g/mol. The van der Waals surface area contributed by atoms with Crippen molar-refractivity contribution in [3.63, 3.8) is 0 Å². The molecule has 0 bridgehead atoms. The highest BCUT2D eigenvalue weighted by atomic mass is 15.2. The summed E-state index contributed by atoms with van der Waals surface area (Å²) in [5.41, 5.74) is 0. The Morgan fingerprint density at radius 3 is 2.44 bits per heavy atom. The van der Waals surface area contributed by atoms with Gasteiger partial charge >= 0.3 is 0 Å². The third-order valence-electron chi connectivity index (χ3n) is 4.52. The molecule has 2 aliphatic rings. The van der Waals surface area contributed by atoms with Gasteiger partial charge in [-0.05, 0) is 37.3 Å². The minimum atomic E-state index is 0.951. The zero-order valence-corrected chi connectivity index (χ0v) is 11.0. The third kappa shape index (κ3) is 2.98. The Morgan fingerprint density at radius 1 is 1.19 bits per heavy atom. The fourth-order valence-corrected chi connectivity index (χ4v) is 3.38. The van der Waals surface area contributed by atoms with Gasteiger partial charge in [0, 0.05) is 19.6 Å². The molecule has 2 heterocycles. The van der Waals surface area contributed by atoms with Crippen LogP contribution in [0, 0.1) is 17.8 Å². The molecule has 2 nitrogen and oxygen atoms in total. The SMILES string of the molecule is CCCCC(CC)CN1CC2CNCC2C1. The topological polar surface area (TPSA) is 15.3 Å². The minimum Gasteiger partial charge on any atom is -0.316 e. The Bertz CT molecular complexity index is 193. The van der Waals surface area contributed by atoms with Crippen LogP contribution in [0.25, 0.3) is 0 Å². The van der Waals surface area contributed by atoms with Crippen LogP contribution in [0.4, 0.5) is 0 Å². The first-order chi connectivity index (χ1) is 7.83. The van der Waals surface area contributed by atoms with Crippen LogP contribution in [0.3, 0.4) is 0 Å². The lowest BCUT2D eigenvalue weighted by Gasteiger charge is -2.23. The highest BCUT2D eigenvalue weighted by molar-refractivity contribution is 4.91. The zero-order chi connectivity index (χ0) is 11.4. The van der Waals surface area contributed by atoms with Gasteiger partial charge in [0.25, 0.3) is 0 Å². The summed E-state index contributed by atoms with van der Waals surface area (Å²) in [6, 6.07) is 0. The van der Waals surface area contributed by atoms with Crippen molar-refractivity contribution in [2.45, 2.75) is 39.5 Å². The van der Waals surface area contributed by atoms with Crippen molar-refractivity contribution in [1.29, 1.82) is 0 Å². The van der Waals surface area contributed by atoms with Crippen LogP contribution in [-0.2, 0) is 0 Å². The molecule has 94 valence electrons. The number of nitrogens with one attached hydrogen (secondary N) is 1. The normalized spacial score (nSPS) is 31.9. The lowest BCUT2D eigenvalue weighted by Crippen LogP contribution is -2.30. The van der Waals surface area contributed by atoms with Gasteiger partial charge in [-0.3, -0.25) is 0 Å². The van der Waals surface area contributed by atoms with Crippen LogP contribution < -0.4 is 5.32 Å². The van der Waals surface area contributed by atoms with Gasteiger partial charge in [-0.1, -0.05) is 33.1 Å². The molecule has 2 fully saturated rings. The molecule has 0 saturated carbocycles. The second-order valence-electron chi connectivity index (χ2n) is 5.81. The predicted molar refractivity (Wildman–Crippen MR) is 69.6 cm³/mol. The second-order valence-corrected chi connectivity index (χ2v) is 5.81. The van der Waals surface area contributed by atoms with Gasteiger partial charge in [0.1, 0.15) is 0 Å². The summed E-state index contributed by atoms with van der Waals surface area (Å²) in [7, 11) is 0. The molecular formula is C14H28N2. The van der Waals surface area contributed by atoms with E-state index in [4.69, 9.17) is 0 Å². The molecular weight excluding hydrogens is 196 g/mol. The molecule has 0 aromatic carbocycles. The highest BCUT2D eigenvalue weighted by Gasteiger charge is 2.36. The van der Waals surface area contributed by atoms with Crippen LogP contribution in [0.5, 0.6) is 0 Å². The molecule has 0 aliphatic carbocycles. The number of fused-ring (bicyclic) bond motifs is 1. The van der Waals surface area contributed by atoms with Crippen LogP contribution >= 0.6 is 0 Å². The summed E-state index contributed by atoms with van der Waals surface area (Å²) in [4.78, 5) is 2.74.